The van der Waals surface area contributed by atoms with Crippen LogP contribution in [0, 0.1) is 18.6 Å². The number of aryl methyl sites for hydroxylation is 1. The first-order valence-electron chi connectivity index (χ1n) is 11.1. The fourth-order valence-corrected chi connectivity index (χ4v) is 4.87. The number of rotatable bonds is 5. The minimum Gasteiger partial charge on any atom is -0.442 e. The Morgan fingerprint density at radius 3 is 2.38 bits per heavy atom. The second-order valence-corrected chi connectivity index (χ2v) is 9.11. The lowest BCUT2D eigenvalue weighted by Gasteiger charge is -2.33. The molecule has 7 nitrogen and oxygen atoms in total. The fourth-order valence-electron chi connectivity index (χ4n) is 4.74. The van der Waals surface area contributed by atoms with Gasteiger partial charge < -0.3 is 9.26 Å². The molecule has 3 aromatic rings. The molecule has 2 aromatic carbocycles. The maximum absolute atomic E-state index is 14.1. The molecule has 5 rings (SSSR count). The first kappa shape index (κ1) is 22.7. The van der Waals surface area contributed by atoms with Crippen LogP contribution in [-0.4, -0.2) is 46.9 Å². The van der Waals surface area contributed by atoms with Crippen LogP contribution in [0.15, 0.2) is 47.0 Å². The van der Waals surface area contributed by atoms with E-state index in [1.807, 2.05) is 0 Å². The zero-order valence-electron chi connectivity index (χ0n) is 18.5. The van der Waals surface area contributed by atoms with Crippen molar-refractivity contribution in [2.45, 2.75) is 37.8 Å². The number of piperidine rings is 1. The van der Waals surface area contributed by atoms with E-state index in [1.165, 1.54) is 17.0 Å². The summed E-state index contributed by atoms with van der Waals surface area (Å²) in [6, 6.07) is 9.29. The summed E-state index contributed by atoms with van der Waals surface area (Å²) >= 11 is 6.01. The lowest BCUT2D eigenvalue weighted by atomic mass is 9.95. The highest BCUT2D eigenvalue weighted by molar-refractivity contribution is 6.30. The van der Waals surface area contributed by atoms with Crippen LogP contribution in [0.3, 0.4) is 0 Å². The Labute approximate surface area is 200 Å². The van der Waals surface area contributed by atoms with Crippen molar-refractivity contribution in [3.05, 3.63) is 76.4 Å². The molecule has 10 heteroatoms. The van der Waals surface area contributed by atoms with Crippen molar-refractivity contribution in [3.63, 3.8) is 0 Å². The van der Waals surface area contributed by atoms with Gasteiger partial charge in [0.15, 0.2) is 5.82 Å². The van der Waals surface area contributed by atoms with Gasteiger partial charge in [0.05, 0.1) is 0 Å². The highest BCUT2D eigenvalue weighted by Crippen LogP contribution is 2.39. The Hall–Kier alpha value is -3.04. The predicted octanol–water partition coefficient (Wildman–Crippen LogP) is 5.26. The normalized spacial score (nSPS) is 21.8. The van der Waals surface area contributed by atoms with E-state index in [2.05, 4.69) is 15.0 Å². The number of cyclic esters (lactones) is 1. The minimum absolute atomic E-state index is 0.183. The van der Waals surface area contributed by atoms with Gasteiger partial charge in [0.25, 0.3) is 0 Å². The molecule has 34 heavy (non-hydrogen) atoms. The van der Waals surface area contributed by atoms with Gasteiger partial charge in [0.1, 0.15) is 23.8 Å². The molecule has 2 aliphatic heterocycles. The van der Waals surface area contributed by atoms with Crippen molar-refractivity contribution >= 4 is 23.4 Å². The largest absolute Gasteiger partial charge is 0.442 e. The van der Waals surface area contributed by atoms with E-state index < -0.39 is 29.9 Å². The summed E-state index contributed by atoms with van der Waals surface area (Å²) in [5, 5.41) is 4.38. The Balaban J connectivity index is 1.38. The van der Waals surface area contributed by atoms with Crippen molar-refractivity contribution in [1.29, 1.82) is 0 Å². The number of aromatic nitrogens is 2. The van der Waals surface area contributed by atoms with Crippen LogP contribution in [0.5, 0.6) is 0 Å². The van der Waals surface area contributed by atoms with Crippen molar-refractivity contribution in [2.75, 3.05) is 24.5 Å². The summed E-state index contributed by atoms with van der Waals surface area (Å²) in [6.07, 6.45) is 0.454. The van der Waals surface area contributed by atoms with Crippen molar-refractivity contribution < 1.29 is 22.8 Å². The molecule has 0 saturated carbocycles. The molecule has 0 radical (unpaired) electrons. The number of likely N-dealkylation sites (tertiary alicyclic amines) is 1. The molecule has 1 aromatic heterocycles. The van der Waals surface area contributed by atoms with Gasteiger partial charge in [-0.3, -0.25) is 9.80 Å². The molecule has 2 fully saturated rings. The monoisotopic (exact) mass is 488 g/mol. The second kappa shape index (κ2) is 9.31. The summed E-state index contributed by atoms with van der Waals surface area (Å²) in [4.78, 5) is 20.9. The summed E-state index contributed by atoms with van der Waals surface area (Å²) in [7, 11) is 0. The molecule has 0 bridgehead atoms. The van der Waals surface area contributed by atoms with Gasteiger partial charge in [0.2, 0.25) is 5.89 Å². The standard InChI is InChI=1S/C24H23ClF2N4O3/c1-14-28-23(34-29-14)15-6-8-30(9-7-15)13-21-22(16-10-18(26)12-19(27)11-16)31(24(32)33-21)20-4-2-17(25)3-5-20/h2-5,10-12,15,21-22H,6-9,13H2,1H3/t21-,22-/m0/s1. The smallest absolute Gasteiger partial charge is 0.415 e. The number of carbonyl (C=O) groups is 1. The van der Waals surface area contributed by atoms with E-state index in [9.17, 15) is 13.6 Å². The van der Waals surface area contributed by atoms with E-state index in [1.54, 1.807) is 31.2 Å². The Bertz CT molecular complexity index is 1160. The molecule has 2 aliphatic rings. The SMILES string of the molecule is Cc1noc(C2CCN(C[C@@H]3OC(=O)N(c4ccc(Cl)cc4)[C@H]3c3cc(F)cc(F)c3)CC2)n1. The third-order valence-corrected chi connectivity index (χ3v) is 6.58. The maximum Gasteiger partial charge on any atom is 0.415 e. The first-order valence-corrected chi connectivity index (χ1v) is 11.5. The molecule has 2 saturated heterocycles. The molecular weight excluding hydrogens is 466 g/mol. The number of hydrogen-bond donors (Lipinski definition) is 0. The third kappa shape index (κ3) is 4.63. The van der Waals surface area contributed by atoms with Crippen LogP contribution in [0.4, 0.5) is 19.3 Å². The van der Waals surface area contributed by atoms with Gasteiger partial charge in [0, 0.05) is 29.2 Å². The molecule has 2 atom stereocenters. The Morgan fingerprint density at radius 2 is 1.76 bits per heavy atom. The molecular formula is C24H23ClF2N4O3. The Morgan fingerprint density at radius 1 is 1.09 bits per heavy atom. The highest BCUT2D eigenvalue weighted by atomic mass is 35.5. The van der Waals surface area contributed by atoms with Crippen LogP contribution in [0.1, 0.15) is 42.1 Å². The van der Waals surface area contributed by atoms with E-state index >= 15 is 0 Å². The number of anilines is 1. The maximum atomic E-state index is 14.1. The zero-order valence-corrected chi connectivity index (χ0v) is 19.2. The number of benzene rings is 2. The third-order valence-electron chi connectivity index (χ3n) is 6.33. The highest BCUT2D eigenvalue weighted by Gasteiger charge is 2.45. The summed E-state index contributed by atoms with van der Waals surface area (Å²) in [6.45, 7) is 3.70. The number of ether oxygens (including phenoxy) is 1. The van der Waals surface area contributed by atoms with Crippen LogP contribution in [0.25, 0.3) is 0 Å². The molecule has 3 heterocycles. The van der Waals surface area contributed by atoms with Crippen molar-refractivity contribution in [3.8, 4) is 0 Å². The summed E-state index contributed by atoms with van der Waals surface area (Å²) < 4.78 is 39.3. The second-order valence-electron chi connectivity index (χ2n) is 8.67. The average molecular weight is 489 g/mol. The molecule has 0 N–H and O–H groups in total. The minimum atomic E-state index is -0.708. The number of nitrogens with zero attached hydrogens (tertiary/aromatic N) is 4. The van der Waals surface area contributed by atoms with E-state index in [-0.39, 0.29) is 5.92 Å². The quantitative estimate of drug-likeness (QED) is 0.488. The fraction of sp³-hybridized carbons (Fsp3) is 0.375. The number of hydrogen-bond acceptors (Lipinski definition) is 6. The van der Waals surface area contributed by atoms with Gasteiger partial charge in [-0.2, -0.15) is 4.98 Å². The van der Waals surface area contributed by atoms with Crippen LogP contribution in [-0.2, 0) is 4.74 Å². The van der Waals surface area contributed by atoms with Crippen molar-refractivity contribution in [2.24, 2.45) is 0 Å². The van der Waals surface area contributed by atoms with E-state index in [0.29, 0.717) is 34.5 Å². The number of halogens is 3. The summed E-state index contributed by atoms with van der Waals surface area (Å²) in [5.41, 5.74) is 0.872. The lowest BCUT2D eigenvalue weighted by Crippen LogP contribution is -2.41. The van der Waals surface area contributed by atoms with Gasteiger partial charge in [-0.25, -0.2) is 13.6 Å². The van der Waals surface area contributed by atoms with Gasteiger partial charge >= 0.3 is 6.09 Å². The van der Waals surface area contributed by atoms with Gasteiger partial charge in [-0.05, 0) is 74.8 Å². The Kier molecular flexibility index (Phi) is 6.22. The van der Waals surface area contributed by atoms with Crippen molar-refractivity contribution in [1.82, 2.24) is 15.0 Å². The molecule has 0 aliphatic carbocycles. The van der Waals surface area contributed by atoms with Crippen LogP contribution >= 0.6 is 11.6 Å². The molecule has 0 unspecified atom stereocenters. The van der Waals surface area contributed by atoms with E-state index in [4.69, 9.17) is 20.9 Å². The topological polar surface area (TPSA) is 71.7 Å². The summed E-state index contributed by atoms with van der Waals surface area (Å²) in [5.74, 6) is 0.0242. The zero-order chi connectivity index (χ0) is 23.8. The first-order chi connectivity index (χ1) is 16.4. The lowest BCUT2D eigenvalue weighted by molar-refractivity contribution is 0.0838. The average Bonchev–Trinajstić information content (AvgIpc) is 3.37. The molecule has 0 spiro atoms. The van der Waals surface area contributed by atoms with Crippen LogP contribution in [0.2, 0.25) is 5.02 Å². The van der Waals surface area contributed by atoms with Gasteiger partial charge in [-0.1, -0.05) is 16.8 Å². The van der Waals surface area contributed by atoms with Crippen LogP contribution < -0.4 is 4.90 Å². The van der Waals surface area contributed by atoms with Gasteiger partial charge in [-0.15, -0.1) is 0 Å². The number of amides is 1. The molecule has 178 valence electrons. The van der Waals surface area contributed by atoms with E-state index in [0.717, 1.165) is 32.0 Å². The molecule has 1 amide bonds. The number of carbonyl (C=O) groups excluding carboxylic acids is 1. The predicted molar refractivity (Wildman–Crippen MR) is 121 cm³/mol.